The van der Waals surface area contributed by atoms with Gasteiger partial charge in [0.25, 0.3) is 0 Å². The van der Waals surface area contributed by atoms with Crippen molar-refractivity contribution in [3.8, 4) is 0 Å². The zero-order chi connectivity index (χ0) is 29.6. The van der Waals surface area contributed by atoms with Crippen molar-refractivity contribution in [2.24, 2.45) is 0 Å². The van der Waals surface area contributed by atoms with E-state index in [0.717, 1.165) is 12.1 Å². The number of carbonyl (C=O) groups excluding carboxylic acids is 3. The highest BCUT2D eigenvalue weighted by atomic mass is 35.5. The Morgan fingerprint density at radius 2 is 1.24 bits per heavy atom. The molecule has 0 fully saturated rings. The van der Waals surface area contributed by atoms with Crippen molar-refractivity contribution in [1.82, 2.24) is 0 Å². The molecule has 4 rings (SSSR count). The number of Topliss-reactive ketones (excluding diaryl/α,β-unsaturated/α-hetero) is 1. The van der Waals surface area contributed by atoms with Gasteiger partial charge in [-0.25, -0.2) is 4.79 Å². The molecule has 1 N–H and O–H groups in total. The summed E-state index contributed by atoms with van der Waals surface area (Å²) in [6.45, 7) is -1.84. The van der Waals surface area contributed by atoms with Crippen LogP contribution in [0.15, 0.2) is 109 Å². The van der Waals surface area contributed by atoms with E-state index >= 15 is 0 Å². The summed E-state index contributed by atoms with van der Waals surface area (Å²) in [5.74, 6) is -4.13. The Bertz CT molecular complexity index is 1520. The molecule has 1 amide bonds. The number of benzene rings is 4. The van der Waals surface area contributed by atoms with Gasteiger partial charge in [0.05, 0.1) is 12.3 Å². The van der Waals surface area contributed by atoms with Crippen molar-refractivity contribution >= 4 is 63.0 Å². The number of ketones is 1. The Morgan fingerprint density at radius 1 is 0.780 bits per heavy atom. The molecule has 0 bridgehead atoms. The fourth-order valence-corrected chi connectivity index (χ4v) is 8.97. The molecule has 0 aliphatic heterocycles. The van der Waals surface area contributed by atoms with E-state index < -0.39 is 36.4 Å². The zero-order valence-corrected chi connectivity index (χ0v) is 23.3. The molecule has 0 aliphatic rings. The minimum absolute atomic E-state index is 0.0182. The van der Waals surface area contributed by atoms with Crippen LogP contribution < -0.4 is 21.2 Å². The number of anilines is 1. The molecule has 0 atom stereocenters. The number of nitrogens with one attached hydrogen (secondary N) is 1. The standard InChI is InChI=1S/C31H24ClF3NO4P/c1-2-40-29(38)28(27(37)25-20-21(32)18-19-26(25)36-30(39)31(33,34)35)41(22-12-6-3-7-13-22,23-14-8-4-9-15-23)24-16-10-5-11-17-24/h3-20H,2H2,1H3,(H,36,39). The Kier molecular flexibility index (Phi) is 9.16. The van der Waals surface area contributed by atoms with Crippen LogP contribution in [0.2, 0.25) is 5.02 Å². The first-order valence-electron chi connectivity index (χ1n) is 12.4. The maximum absolute atomic E-state index is 14.6. The maximum Gasteiger partial charge on any atom is 0.471 e. The molecule has 0 radical (unpaired) electrons. The van der Waals surface area contributed by atoms with Gasteiger partial charge in [0.15, 0.2) is 0 Å². The van der Waals surface area contributed by atoms with Crippen molar-refractivity contribution in [2.45, 2.75) is 13.1 Å². The molecule has 210 valence electrons. The Hall–Kier alpha value is -4.13. The molecule has 0 aromatic heterocycles. The van der Waals surface area contributed by atoms with Crippen molar-refractivity contribution in [1.29, 1.82) is 0 Å². The van der Waals surface area contributed by atoms with Gasteiger partial charge in [0, 0.05) is 10.6 Å². The summed E-state index contributed by atoms with van der Waals surface area (Å²) < 4.78 is 45.0. The van der Waals surface area contributed by atoms with Crippen LogP contribution in [0.1, 0.15) is 17.3 Å². The minimum Gasteiger partial charge on any atom is -0.462 e. The molecule has 4 aromatic rings. The molecule has 0 saturated heterocycles. The van der Waals surface area contributed by atoms with Crippen molar-refractivity contribution < 1.29 is 32.3 Å². The van der Waals surface area contributed by atoms with Gasteiger partial charge in [-0.1, -0.05) is 103 Å². The lowest BCUT2D eigenvalue weighted by atomic mass is 10.1. The van der Waals surface area contributed by atoms with Crippen LogP contribution in [0.25, 0.3) is 0 Å². The number of hydrogen-bond donors (Lipinski definition) is 1. The normalized spacial score (nSPS) is 11.4. The molecule has 0 saturated carbocycles. The predicted octanol–water partition coefficient (Wildman–Crippen LogP) is 5.75. The molecular formula is C31H24ClF3NO4P. The van der Waals surface area contributed by atoms with Gasteiger partial charge in [0.2, 0.25) is 5.78 Å². The van der Waals surface area contributed by atoms with Gasteiger partial charge >= 0.3 is 18.1 Å². The van der Waals surface area contributed by atoms with Gasteiger partial charge in [-0.3, -0.25) is 9.59 Å². The molecule has 4 aromatic carbocycles. The number of hydrogen-bond acceptors (Lipinski definition) is 4. The van der Waals surface area contributed by atoms with E-state index in [2.05, 4.69) is 0 Å². The number of halogens is 4. The Labute approximate surface area is 239 Å². The van der Waals surface area contributed by atoms with E-state index in [0.29, 0.717) is 15.9 Å². The molecule has 0 aliphatic carbocycles. The van der Waals surface area contributed by atoms with Gasteiger partial charge in [-0.05, 0) is 47.9 Å². The Morgan fingerprint density at radius 3 is 1.66 bits per heavy atom. The lowest BCUT2D eigenvalue weighted by molar-refractivity contribution is -0.167. The minimum atomic E-state index is -5.22. The fraction of sp³-hybridized carbons (Fsp3) is 0.0968. The third-order valence-corrected chi connectivity index (χ3v) is 10.7. The van der Waals surface area contributed by atoms with Crippen LogP contribution in [0, 0.1) is 0 Å². The second kappa shape index (κ2) is 12.6. The molecule has 0 spiro atoms. The topological polar surface area (TPSA) is 72.5 Å². The van der Waals surface area contributed by atoms with Gasteiger partial charge < -0.3 is 10.1 Å². The van der Waals surface area contributed by atoms with Crippen LogP contribution in [-0.4, -0.2) is 35.7 Å². The number of ether oxygens (including phenoxy) is 1. The molecule has 0 heterocycles. The van der Waals surface area contributed by atoms with Crippen molar-refractivity contribution in [2.75, 3.05) is 11.9 Å². The summed E-state index contributed by atoms with van der Waals surface area (Å²) in [7, 11) is 0. The third-order valence-electron chi connectivity index (χ3n) is 6.18. The third kappa shape index (κ3) is 6.14. The predicted molar refractivity (Wildman–Crippen MR) is 157 cm³/mol. The first-order chi connectivity index (χ1) is 19.6. The maximum atomic E-state index is 14.6. The highest BCUT2D eigenvalue weighted by Gasteiger charge is 2.41. The molecule has 5 nitrogen and oxygen atoms in total. The molecule has 0 unspecified atom stereocenters. The lowest BCUT2D eigenvalue weighted by Gasteiger charge is -2.31. The molecular weight excluding hydrogens is 574 g/mol. The van der Waals surface area contributed by atoms with Crippen LogP contribution in [0.5, 0.6) is 0 Å². The summed E-state index contributed by atoms with van der Waals surface area (Å²) in [5.41, 5.74) is -0.832. The molecule has 10 heteroatoms. The largest absolute Gasteiger partial charge is 0.471 e. The van der Waals surface area contributed by atoms with Gasteiger partial charge in [-0.2, -0.15) is 13.2 Å². The van der Waals surface area contributed by atoms with Crippen LogP contribution in [0.3, 0.4) is 0 Å². The summed E-state index contributed by atoms with van der Waals surface area (Å²) in [6, 6.07) is 30.3. The van der Waals surface area contributed by atoms with Crippen molar-refractivity contribution in [3.63, 3.8) is 0 Å². The second-order valence-corrected chi connectivity index (χ2v) is 12.5. The number of amides is 1. The van der Waals surface area contributed by atoms with Crippen LogP contribution >= 0.6 is 18.5 Å². The first kappa shape index (κ1) is 29.8. The van der Waals surface area contributed by atoms with Crippen molar-refractivity contribution in [3.05, 3.63) is 120 Å². The quantitative estimate of drug-likeness (QED) is 0.121. The number of alkyl halides is 3. The van der Waals surface area contributed by atoms with E-state index in [1.165, 1.54) is 6.07 Å². The fourth-order valence-electron chi connectivity index (χ4n) is 4.50. The average Bonchev–Trinajstić information content (AvgIpc) is 2.97. The van der Waals surface area contributed by atoms with E-state index in [9.17, 15) is 27.6 Å². The Balaban J connectivity index is 2.20. The average molecular weight is 598 g/mol. The van der Waals surface area contributed by atoms with Crippen LogP contribution in [0.4, 0.5) is 18.9 Å². The van der Waals surface area contributed by atoms with Gasteiger partial charge in [0.1, 0.15) is 5.29 Å². The number of esters is 1. The smallest absolute Gasteiger partial charge is 0.462 e. The van der Waals surface area contributed by atoms with Gasteiger partial charge in [-0.15, -0.1) is 0 Å². The summed E-state index contributed by atoms with van der Waals surface area (Å²) in [4.78, 5) is 40.5. The summed E-state index contributed by atoms with van der Waals surface area (Å²) in [5, 5.41) is 3.40. The van der Waals surface area contributed by atoms with E-state index in [4.69, 9.17) is 16.3 Å². The summed E-state index contributed by atoms with van der Waals surface area (Å²) in [6.07, 6.45) is -5.22. The monoisotopic (exact) mass is 597 g/mol. The van der Waals surface area contributed by atoms with E-state index in [1.807, 2.05) is 0 Å². The number of carbonyl (C=O) groups is 3. The number of rotatable bonds is 8. The highest BCUT2D eigenvalue weighted by molar-refractivity contribution is 7.97. The summed E-state index contributed by atoms with van der Waals surface area (Å²) >= 11 is 6.19. The van der Waals surface area contributed by atoms with Crippen LogP contribution in [-0.2, 0) is 14.3 Å². The zero-order valence-electron chi connectivity index (χ0n) is 21.7. The van der Waals surface area contributed by atoms with E-state index in [1.54, 1.807) is 103 Å². The lowest BCUT2D eigenvalue weighted by Crippen LogP contribution is -2.39. The second-order valence-electron chi connectivity index (χ2n) is 8.72. The first-order valence-corrected chi connectivity index (χ1v) is 14.6. The molecule has 41 heavy (non-hydrogen) atoms. The van der Waals surface area contributed by atoms with E-state index in [-0.39, 0.29) is 22.5 Å². The highest BCUT2D eigenvalue weighted by Crippen LogP contribution is 2.47. The SMILES string of the molecule is CCOC(=O)C(C(=O)c1cc(Cl)ccc1NC(=O)C(F)(F)F)=P(c1ccccc1)(c1ccccc1)c1ccccc1.